The zero-order valence-corrected chi connectivity index (χ0v) is 18.5. The zero-order chi connectivity index (χ0) is 22.5. The Morgan fingerprint density at radius 3 is 2.00 bits per heavy atom. The standard InChI is InChI=1S/C32H21NO/c1-2-11-21(12-3-1)31-30(27-16-6-8-19-28(27)33-31)24-15-5-4-13-22(24)25-17-10-18-26-23-14-7-9-20-29(23)34-32(25)26/h1-20,33H. The maximum atomic E-state index is 6.40. The summed E-state index contributed by atoms with van der Waals surface area (Å²) in [5.41, 5.74) is 9.95. The predicted molar refractivity (Wildman–Crippen MR) is 142 cm³/mol. The van der Waals surface area contributed by atoms with E-state index in [2.05, 4.69) is 114 Å². The summed E-state index contributed by atoms with van der Waals surface area (Å²) in [5.74, 6) is 0. The van der Waals surface area contributed by atoms with Gasteiger partial charge in [0, 0.05) is 32.8 Å². The molecule has 0 amide bonds. The summed E-state index contributed by atoms with van der Waals surface area (Å²) in [7, 11) is 0. The molecule has 0 atom stereocenters. The molecule has 0 saturated heterocycles. The van der Waals surface area contributed by atoms with Crippen molar-refractivity contribution in [1.29, 1.82) is 0 Å². The van der Waals surface area contributed by atoms with Crippen molar-refractivity contribution in [2.75, 3.05) is 0 Å². The fraction of sp³-hybridized carbons (Fsp3) is 0. The van der Waals surface area contributed by atoms with Gasteiger partial charge in [-0.3, -0.25) is 0 Å². The minimum Gasteiger partial charge on any atom is -0.455 e. The molecule has 1 N–H and O–H groups in total. The quantitative estimate of drug-likeness (QED) is 0.295. The summed E-state index contributed by atoms with van der Waals surface area (Å²) in [6.45, 7) is 0. The van der Waals surface area contributed by atoms with Crippen LogP contribution in [0.3, 0.4) is 0 Å². The van der Waals surface area contributed by atoms with Crippen LogP contribution >= 0.6 is 0 Å². The summed E-state index contributed by atoms with van der Waals surface area (Å²) in [6.07, 6.45) is 0. The zero-order valence-electron chi connectivity index (χ0n) is 18.5. The van der Waals surface area contributed by atoms with Crippen LogP contribution in [-0.4, -0.2) is 4.98 Å². The number of aromatic nitrogens is 1. The number of rotatable bonds is 3. The molecule has 0 aliphatic rings. The maximum Gasteiger partial charge on any atom is 0.143 e. The lowest BCUT2D eigenvalue weighted by Gasteiger charge is -2.12. The van der Waals surface area contributed by atoms with Crippen molar-refractivity contribution in [3.63, 3.8) is 0 Å². The molecular weight excluding hydrogens is 414 g/mol. The molecule has 2 aromatic heterocycles. The van der Waals surface area contributed by atoms with Gasteiger partial charge in [-0.05, 0) is 28.8 Å². The molecule has 0 unspecified atom stereocenters. The average molecular weight is 436 g/mol. The van der Waals surface area contributed by atoms with Gasteiger partial charge in [-0.25, -0.2) is 0 Å². The third kappa shape index (κ3) is 2.82. The van der Waals surface area contributed by atoms with E-state index in [-0.39, 0.29) is 0 Å². The SMILES string of the molecule is c1ccc(-c2[nH]c3ccccc3c2-c2ccccc2-c2cccc3c2oc2ccccc23)cc1. The van der Waals surface area contributed by atoms with Crippen LogP contribution in [0.4, 0.5) is 0 Å². The number of benzene rings is 5. The van der Waals surface area contributed by atoms with E-state index in [1.165, 1.54) is 22.1 Å². The van der Waals surface area contributed by atoms with E-state index in [1.54, 1.807) is 0 Å². The van der Waals surface area contributed by atoms with E-state index >= 15 is 0 Å². The smallest absolute Gasteiger partial charge is 0.143 e. The van der Waals surface area contributed by atoms with Gasteiger partial charge in [-0.1, -0.05) is 109 Å². The van der Waals surface area contributed by atoms with Gasteiger partial charge in [0.25, 0.3) is 0 Å². The van der Waals surface area contributed by atoms with Crippen molar-refractivity contribution in [3.05, 3.63) is 121 Å². The van der Waals surface area contributed by atoms with E-state index in [4.69, 9.17) is 4.42 Å². The lowest BCUT2D eigenvalue weighted by molar-refractivity contribution is 0.670. The van der Waals surface area contributed by atoms with Crippen LogP contribution in [0.2, 0.25) is 0 Å². The van der Waals surface area contributed by atoms with E-state index in [1.807, 2.05) is 12.1 Å². The summed E-state index contributed by atoms with van der Waals surface area (Å²) >= 11 is 0. The Balaban J connectivity index is 1.56. The monoisotopic (exact) mass is 435 g/mol. The molecule has 0 aliphatic carbocycles. The van der Waals surface area contributed by atoms with Crippen LogP contribution in [-0.2, 0) is 0 Å². The van der Waals surface area contributed by atoms with Crippen LogP contribution in [0.1, 0.15) is 0 Å². The van der Waals surface area contributed by atoms with Gasteiger partial charge in [-0.2, -0.15) is 0 Å². The minimum atomic E-state index is 0.916. The van der Waals surface area contributed by atoms with Gasteiger partial charge in [0.2, 0.25) is 0 Å². The molecule has 0 bridgehead atoms. The predicted octanol–water partition coefficient (Wildman–Crippen LogP) is 9.07. The maximum absolute atomic E-state index is 6.40. The number of aromatic amines is 1. The molecule has 2 nitrogen and oxygen atoms in total. The first-order valence-electron chi connectivity index (χ1n) is 11.5. The average Bonchev–Trinajstić information content (AvgIpc) is 3.48. The number of para-hydroxylation sites is 3. The lowest BCUT2D eigenvalue weighted by atomic mass is 9.90. The number of furan rings is 1. The highest BCUT2D eigenvalue weighted by Gasteiger charge is 2.20. The Labute approximate surface area is 197 Å². The van der Waals surface area contributed by atoms with Crippen LogP contribution in [0.25, 0.3) is 66.4 Å². The van der Waals surface area contributed by atoms with Gasteiger partial charge in [0.15, 0.2) is 0 Å². The third-order valence-electron chi connectivity index (χ3n) is 6.66. The molecule has 7 aromatic rings. The van der Waals surface area contributed by atoms with E-state index in [0.717, 1.165) is 44.3 Å². The first-order chi connectivity index (χ1) is 16.9. The summed E-state index contributed by atoms with van der Waals surface area (Å²) in [6, 6.07) is 42.5. The Morgan fingerprint density at radius 2 is 1.12 bits per heavy atom. The second-order valence-corrected chi connectivity index (χ2v) is 8.61. The van der Waals surface area contributed by atoms with Crippen LogP contribution in [0, 0.1) is 0 Å². The largest absolute Gasteiger partial charge is 0.455 e. The number of hydrogen-bond acceptors (Lipinski definition) is 1. The second kappa shape index (κ2) is 7.50. The number of nitrogens with one attached hydrogen (secondary N) is 1. The molecule has 34 heavy (non-hydrogen) atoms. The van der Waals surface area contributed by atoms with Gasteiger partial charge in [-0.15, -0.1) is 0 Å². The minimum absolute atomic E-state index is 0.916. The molecule has 7 rings (SSSR count). The van der Waals surface area contributed by atoms with Crippen LogP contribution in [0.5, 0.6) is 0 Å². The van der Waals surface area contributed by atoms with Crippen LogP contribution in [0.15, 0.2) is 126 Å². The van der Waals surface area contributed by atoms with E-state index in [0.29, 0.717) is 0 Å². The van der Waals surface area contributed by atoms with Crippen molar-refractivity contribution in [1.82, 2.24) is 4.98 Å². The van der Waals surface area contributed by atoms with Crippen molar-refractivity contribution in [2.24, 2.45) is 0 Å². The Morgan fingerprint density at radius 1 is 0.471 bits per heavy atom. The van der Waals surface area contributed by atoms with Crippen molar-refractivity contribution < 1.29 is 4.42 Å². The van der Waals surface area contributed by atoms with Crippen molar-refractivity contribution in [3.8, 4) is 33.5 Å². The lowest BCUT2D eigenvalue weighted by Crippen LogP contribution is -1.88. The fourth-order valence-corrected chi connectivity index (χ4v) is 5.14. The highest BCUT2D eigenvalue weighted by Crippen LogP contribution is 2.44. The normalized spacial score (nSPS) is 11.5. The van der Waals surface area contributed by atoms with Crippen LogP contribution < -0.4 is 0 Å². The van der Waals surface area contributed by atoms with Gasteiger partial charge in [0.1, 0.15) is 11.2 Å². The Bertz CT molecular complexity index is 1800. The topological polar surface area (TPSA) is 28.9 Å². The molecule has 0 aliphatic heterocycles. The van der Waals surface area contributed by atoms with Gasteiger partial charge < -0.3 is 9.40 Å². The third-order valence-corrected chi connectivity index (χ3v) is 6.66. The molecule has 5 aromatic carbocycles. The number of H-pyrrole nitrogens is 1. The number of hydrogen-bond donors (Lipinski definition) is 1. The fourth-order valence-electron chi connectivity index (χ4n) is 5.14. The summed E-state index contributed by atoms with van der Waals surface area (Å²) < 4.78 is 6.40. The van der Waals surface area contributed by atoms with E-state index < -0.39 is 0 Å². The van der Waals surface area contributed by atoms with Crippen molar-refractivity contribution >= 4 is 32.8 Å². The summed E-state index contributed by atoms with van der Waals surface area (Å²) in [5, 5.41) is 3.50. The molecule has 0 saturated carbocycles. The molecule has 0 radical (unpaired) electrons. The molecule has 0 fully saturated rings. The second-order valence-electron chi connectivity index (χ2n) is 8.61. The van der Waals surface area contributed by atoms with Crippen molar-refractivity contribution in [2.45, 2.75) is 0 Å². The van der Waals surface area contributed by atoms with Gasteiger partial charge >= 0.3 is 0 Å². The first kappa shape index (κ1) is 19.0. The van der Waals surface area contributed by atoms with E-state index in [9.17, 15) is 0 Å². The molecule has 0 spiro atoms. The number of fused-ring (bicyclic) bond motifs is 4. The molecule has 160 valence electrons. The Hall–Kier alpha value is -4.56. The summed E-state index contributed by atoms with van der Waals surface area (Å²) in [4.78, 5) is 3.69. The molecular formula is C32H21NO. The first-order valence-corrected chi connectivity index (χ1v) is 11.5. The Kier molecular flexibility index (Phi) is 4.18. The molecule has 2 heterocycles. The highest BCUT2D eigenvalue weighted by molar-refractivity contribution is 6.12. The van der Waals surface area contributed by atoms with Gasteiger partial charge in [0.05, 0.1) is 5.69 Å². The molecule has 2 heteroatoms. The highest BCUT2D eigenvalue weighted by atomic mass is 16.3.